The van der Waals surface area contributed by atoms with Crippen LogP contribution in [0.2, 0.25) is 0 Å². The third-order valence-corrected chi connectivity index (χ3v) is 2.98. The first-order chi connectivity index (χ1) is 7.44. The van der Waals surface area contributed by atoms with Crippen molar-refractivity contribution in [3.8, 4) is 0 Å². The van der Waals surface area contributed by atoms with Gasteiger partial charge in [-0.05, 0) is 40.0 Å². The number of hydrogen-bond donors (Lipinski definition) is 0. The van der Waals surface area contributed by atoms with Crippen molar-refractivity contribution in [2.24, 2.45) is 0 Å². The van der Waals surface area contributed by atoms with Crippen molar-refractivity contribution in [1.29, 1.82) is 0 Å². The number of carbonyl (C=O) groups excluding carboxylic acids is 1. The predicted molar refractivity (Wildman–Crippen MR) is 65.5 cm³/mol. The molecule has 1 aliphatic rings. The van der Waals surface area contributed by atoms with E-state index in [0.717, 1.165) is 25.8 Å². The third kappa shape index (κ3) is 4.03. The predicted octanol–water partition coefficient (Wildman–Crippen LogP) is 3.58. The van der Waals surface area contributed by atoms with E-state index in [1.54, 1.807) is 0 Å². The maximum absolute atomic E-state index is 12.0. The number of rotatable bonds is 1. The zero-order valence-corrected chi connectivity index (χ0v) is 11.1. The van der Waals surface area contributed by atoms with E-state index in [2.05, 4.69) is 6.92 Å². The summed E-state index contributed by atoms with van der Waals surface area (Å²) in [6.07, 6.45) is 5.58. The zero-order valence-electron chi connectivity index (χ0n) is 11.1. The molecule has 0 spiro atoms. The van der Waals surface area contributed by atoms with E-state index in [4.69, 9.17) is 4.74 Å². The van der Waals surface area contributed by atoms with E-state index in [0.29, 0.717) is 6.04 Å². The molecule has 1 saturated heterocycles. The lowest BCUT2D eigenvalue weighted by Crippen LogP contribution is -2.42. The maximum Gasteiger partial charge on any atom is 0.410 e. The fraction of sp³-hybridized carbons (Fsp3) is 0.923. The van der Waals surface area contributed by atoms with Gasteiger partial charge in [-0.2, -0.15) is 0 Å². The van der Waals surface area contributed by atoms with E-state index in [9.17, 15) is 4.79 Å². The smallest absolute Gasteiger partial charge is 0.410 e. The maximum atomic E-state index is 12.0. The highest BCUT2D eigenvalue weighted by Gasteiger charge is 2.28. The quantitative estimate of drug-likeness (QED) is 0.685. The summed E-state index contributed by atoms with van der Waals surface area (Å²) in [5.74, 6) is 0. The molecule has 1 aliphatic heterocycles. The normalized spacial score (nSPS) is 22.8. The van der Waals surface area contributed by atoms with Crippen LogP contribution in [0.3, 0.4) is 0 Å². The van der Waals surface area contributed by atoms with Crippen LogP contribution in [0.5, 0.6) is 0 Å². The minimum atomic E-state index is -0.387. The lowest BCUT2D eigenvalue weighted by Gasteiger charge is -2.31. The van der Waals surface area contributed by atoms with Crippen LogP contribution in [-0.2, 0) is 4.74 Å². The van der Waals surface area contributed by atoms with E-state index in [1.165, 1.54) is 12.8 Å². The van der Waals surface area contributed by atoms with Crippen LogP contribution in [0.25, 0.3) is 0 Å². The Hall–Kier alpha value is -0.730. The van der Waals surface area contributed by atoms with Gasteiger partial charge in [0, 0.05) is 12.6 Å². The van der Waals surface area contributed by atoms with Crippen molar-refractivity contribution in [2.45, 2.75) is 71.4 Å². The van der Waals surface area contributed by atoms with E-state index in [1.807, 2.05) is 25.7 Å². The number of nitrogens with zero attached hydrogens (tertiary/aromatic N) is 1. The second-order valence-corrected chi connectivity index (χ2v) is 5.59. The van der Waals surface area contributed by atoms with Crippen LogP contribution < -0.4 is 0 Å². The molecule has 1 unspecified atom stereocenters. The average Bonchev–Trinajstić information content (AvgIpc) is 2.39. The molecule has 0 aliphatic carbocycles. The molecular formula is C13H25NO2. The van der Waals surface area contributed by atoms with Gasteiger partial charge in [-0.3, -0.25) is 0 Å². The van der Waals surface area contributed by atoms with E-state index < -0.39 is 0 Å². The Kier molecular flexibility index (Phi) is 4.63. The van der Waals surface area contributed by atoms with Crippen molar-refractivity contribution in [3.63, 3.8) is 0 Å². The molecule has 1 atom stereocenters. The van der Waals surface area contributed by atoms with Crippen LogP contribution in [0, 0.1) is 0 Å². The second kappa shape index (κ2) is 5.55. The van der Waals surface area contributed by atoms with Crippen molar-refractivity contribution >= 4 is 6.09 Å². The van der Waals surface area contributed by atoms with Gasteiger partial charge < -0.3 is 9.64 Å². The summed E-state index contributed by atoms with van der Waals surface area (Å²) >= 11 is 0. The zero-order chi connectivity index (χ0) is 12.2. The molecule has 0 N–H and O–H groups in total. The molecule has 3 heteroatoms. The van der Waals surface area contributed by atoms with Gasteiger partial charge >= 0.3 is 6.09 Å². The van der Waals surface area contributed by atoms with Crippen molar-refractivity contribution in [2.75, 3.05) is 6.54 Å². The summed E-state index contributed by atoms with van der Waals surface area (Å²) in [6, 6.07) is 0.373. The topological polar surface area (TPSA) is 29.5 Å². The molecule has 0 radical (unpaired) electrons. The van der Waals surface area contributed by atoms with Crippen molar-refractivity contribution in [1.82, 2.24) is 4.90 Å². The Morgan fingerprint density at radius 3 is 2.56 bits per heavy atom. The summed E-state index contributed by atoms with van der Waals surface area (Å²) in [5, 5.41) is 0. The number of carbonyl (C=O) groups is 1. The number of amides is 1. The number of hydrogen-bond acceptors (Lipinski definition) is 2. The second-order valence-electron chi connectivity index (χ2n) is 5.59. The molecule has 0 bridgehead atoms. The highest BCUT2D eigenvalue weighted by molar-refractivity contribution is 5.68. The molecule has 0 aromatic rings. The lowest BCUT2D eigenvalue weighted by molar-refractivity contribution is 0.0162. The molecule has 0 aromatic heterocycles. The third-order valence-electron chi connectivity index (χ3n) is 2.98. The Labute approximate surface area is 99.1 Å². The summed E-state index contributed by atoms with van der Waals surface area (Å²) in [7, 11) is 0. The molecule has 0 aromatic carbocycles. The lowest BCUT2D eigenvalue weighted by atomic mass is 10.1. The minimum absolute atomic E-state index is 0.138. The van der Waals surface area contributed by atoms with Crippen molar-refractivity contribution in [3.05, 3.63) is 0 Å². The summed E-state index contributed by atoms with van der Waals surface area (Å²) in [6.45, 7) is 8.76. The number of ether oxygens (including phenoxy) is 1. The monoisotopic (exact) mass is 227 g/mol. The molecule has 94 valence electrons. The molecule has 0 saturated carbocycles. The van der Waals surface area contributed by atoms with Gasteiger partial charge in [-0.1, -0.05) is 19.8 Å². The standard InChI is InChI=1S/C13H25NO2/c1-5-11-9-7-6-8-10-14(11)12(15)16-13(2,3)4/h11H,5-10H2,1-4H3. The highest BCUT2D eigenvalue weighted by atomic mass is 16.6. The Balaban J connectivity index is 2.63. The SMILES string of the molecule is CCC1CCCCCN1C(=O)OC(C)(C)C. The van der Waals surface area contributed by atoms with Gasteiger partial charge in [0.15, 0.2) is 0 Å². The molecule has 16 heavy (non-hydrogen) atoms. The Morgan fingerprint density at radius 1 is 1.31 bits per heavy atom. The van der Waals surface area contributed by atoms with Gasteiger partial charge in [0.1, 0.15) is 5.60 Å². The fourth-order valence-corrected chi connectivity index (χ4v) is 2.16. The summed E-state index contributed by atoms with van der Waals surface area (Å²) in [4.78, 5) is 14.0. The van der Waals surface area contributed by atoms with Crippen molar-refractivity contribution < 1.29 is 9.53 Å². The van der Waals surface area contributed by atoms with Gasteiger partial charge in [-0.15, -0.1) is 0 Å². The highest BCUT2D eigenvalue weighted by Crippen LogP contribution is 2.21. The summed E-state index contributed by atoms with van der Waals surface area (Å²) in [5.41, 5.74) is -0.387. The van der Waals surface area contributed by atoms with Crippen LogP contribution in [0.4, 0.5) is 4.79 Å². The minimum Gasteiger partial charge on any atom is -0.444 e. The van der Waals surface area contributed by atoms with E-state index >= 15 is 0 Å². The molecule has 1 fully saturated rings. The van der Waals surface area contributed by atoms with Gasteiger partial charge in [0.2, 0.25) is 0 Å². The molecule has 1 heterocycles. The largest absolute Gasteiger partial charge is 0.444 e. The molecule has 1 rings (SSSR count). The molecule has 3 nitrogen and oxygen atoms in total. The summed E-state index contributed by atoms with van der Waals surface area (Å²) < 4.78 is 5.45. The molecule has 1 amide bonds. The first-order valence-corrected chi connectivity index (χ1v) is 6.43. The first kappa shape index (κ1) is 13.3. The Morgan fingerprint density at radius 2 is 2.00 bits per heavy atom. The van der Waals surface area contributed by atoms with E-state index in [-0.39, 0.29) is 11.7 Å². The molecular weight excluding hydrogens is 202 g/mol. The van der Waals surface area contributed by atoms with Crippen LogP contribution in [-0.4, -0.2) is 29.2 Å². The van der Waals surface area contributed by atoms with Gasteiger partial charge in [0.05, 0.1) is 0 Å². The number of likely N-dealkylation sites (tertiary alicyclic amines) is 1. The fourth-order valence-electron chi connectivity index (χ4n) is 2.16. The van der Waals surface area contributed by atoms with Crippen LogP contribution in [0.15, 0.2) is 0 Å². The average molecular weight is 227 g/mol. The first-order valence-electron chi connectivity index (χ1n) is 6.43. The van der Waals surface area contributed by atoms with Crippen LogP contribution in [0.1, 0.15) is 59.8 Å². The Bertz CT molecular complexity index is 233. The van der Waals surface area contributed by atoms with Gasteiger partial charge in [0.25, 0.3) is 0 Å². The van der Waals surface area contributed by atoms with Crippen LogP contribution >= 0.6 is 0 Å². The van der Waals surface area contributed by atoms with Gasteiger partial charge in [-0.25, -0.2) is 4.79 Å².